The van der Waals surface area contributed by atoms with E-state index < -0.39 is 14.6 Å². The minimum absolute atomic E-state index is 0.00435. The first-order valence-electron chi connectivity index (χ1n) is 6.80. The molecule has 0 atom stereocenters. The van der Waals surface area contributed by atoms with Gasteiger partial charge in [0.05, 0.1) is 6.17 Å². The van der Waals surface area contributed by atoms with E-state index >= 15 is 0 Å². The SMILES string of the molecule is CC(C)O[Si](CNC(N)=O)(OC(C)C)c1ccccc1. The van der Waals surface area contributed by atoms with Gasteiger partial charge in [0.15, 0.2) is 0 Å². The van der Waals surface area contributed by atoms with Gasteiger partial charge in [0.25, 0.3) is 0 Å². The molecule has 5 nitrogen and oxygen atoms in total. The zero-order chi connectivity index (χ0) is 15.2. The van der Waals surface area contributed by atoms with Gasteiger partial charge in [0, 0.05) is 12.2 Å². The van der Waals surface area contributed by atoms with Gasteiger partial charge >= 0.3 is 14.6 Å². The smallest absolute Gasteiger partial charge is 0.387 e. The van der Waals surface area contributed by atoms with Crippen molar-refractivity contribution in [2.75, 3.05) is 6.17 Å². The zero-order valence-corrected chi connectivity index (χ0v) is 13.6. The first kappa shape index (κ1) is 16.7. The fourth-order valence-corrected chi connectivity index (χ4v) is 5.34. The fourth-order valence-electron chi connectivity index (χ4n) is 2.01. The molecule has 0 saturated heterocycles. The highest BCUT2D eigenvalue weighted by Crippen LogP contribution is 2.13. The van der Waals surface area contributed by atoms with Gasteiger partial charge in [-0.25, -0.2) is 4.79 Å². The van der Waals surface area contributed by atoms with Crippen molar-refractivity contribution in [2.45, 2.75) is 39.9 Å². The summed E-state index contributed by atoms with van der Waals surface area (Å²) in [6, 6.07) is 9.19. The zero-order valence-electron chi connectivity index (χ0n) is 12.6. The Morgan fingerprint density at radius 2 is 1.65 bits per heavy atom. The van der Waals surface area contributed by atoms with Crippen LogP contribution in [0.1, 0.15) is 27.7 Å². The van der Waals surface area contributed by atoms with Gasteiger partial charge in [0.1, 0.15) is 0 Å². The Morgan fingerprint density at radius 1 is 1.15 bits per heavy atom. The van der Waals surface area contributed by atoms with Crippen molar-refractivity contribution in [1.82, 2.24) is 5.32 Å². The molecule has 0 aliphatic carbocycles. The van der Waals surface area contributed by atoms with Crippen LogP contribution in [0.3, 0.4) is 0 Å². The van der Waals surface area contributed by atoms with E-state index in [9.17, 15) is 4.79 Å². The molecule has 1 aromatic carbocycles. The average molecular weight is 296 g/mol. The Kier molecular flexibility index (Phi) is 6.19. The quantitative estimate of drug-likeness (QED) is 0.747. The number of hydrogen-bond acceptors (Lipinski definition) is 3. The average Bonchev–Trinajstić information content (AvgIpc) is 2.35. The molecule has 0 saturated carbocycles. The molecule has 0 heterocycles. The lowest BCUT2D eigenvalue weighted by Gasteiger charge is -2.34. The number of carbonyl (C=O) groups is 1. The van der Waals surface area contributed by atoms with Gasteiger partial charge in [0.2, 0.25) is 0 Å². The summed E-state index contributed by atoms with van der Waals surface area (Å²) >= 11 is 0. The van der Waals surface area contributed by atoms with Crippen molar-refractivity contribution in [3.05, 3.63) is 30.3 Å². The highest BCUT2D eigenvalue weighted by atomic mass is 28.4. The fraction of sp³-hybridized carbons (Fsp3) is 0.500. The summed E-state index contributed by atoms with van der Waals surface area (Å²) in [6.45, 7) is 7.83. The second-order valence-electron chi connectivity index (χ2n) is 5.17. The summed E-state index contributed by atoms with van der Waals surface area (Å²) in [4.78, 5) is 11.1. The minimum Gasteiger partial charge on any atom is -0.387 e. The Bertz CT molecular complexity index is 414. The van der Waals surface area contributed by atoms with Crippen LogP contribution in [0.15, 0.2) is 30.3 Å². The normalized spacial score (nSPS) is 11.9. The lowest BCUT2D eigenvalue weighted by Crippen LogP contribution is -2.63. The molecule has 0 aromatic heterocycles. The number of carbonyl (C=O) groups excluding carboxylic acids is 1. The summed E-state index contributed by atoms with van der Waals surface area (Å²) in [5.41, 5.74) is 5.20. The molecule has 0 aliphatic heterocycles. The van der Waals surface area contributed by atoms with E-state index in [0.717, 1.165) is 5.19 Å². The van der Waals surface area contributed by atoms with E-state index in [4.69, 9.17) is 14.6 Å². The standard InChI is InChI=1S/C14H24N2O3Si/c1-11(2)18-20(19-12(3)4,10-16-14(15)17)13-8-6-5-7-9-13/h5-9,11-12H,10H2,1-4H3,(H3,15,16,17). The summed E-state index contributed by atoms with van der Waals surface area (Å²) in [5, 5.41) is 3.63. The van der Waals surface area contributed by atoms with Gasteiger partial charge < -0.3 is 19.9 Å². The second-order valence-corrected chi connectivity index (χ2v) is 8.08. The molecule has 112 valence electrons. The van der Waals surface area contributed by atoms with Crippen LogP contribution in [0.25, 0.3) is 0 Å². The highest BCUT2D eigenvalue weighted by molar-refractivity contribution is 6.81. The monoisotopic (exact) mass is 296 g/mol. The van der Waals surface area contributed by atoms with Crippen molar-refractivity contribution in [3.8, 4) is 0 Å². The van der Waals surface area contributed by atoms with Crippen LogP contribution in [-0.4, -0.2) is 33.0 Å². The lowest BCUT2D eigenvalue weighted by molar-refractivity contribution is 0.114. The van der Waals surface area contributed by atoms with Crippen LogP contribution in [0.2, 0.25) is 0 Å². The molecular weight excluding hydrogens is 272 g/mol. The van der Waals surface area contributed by atoms with Crippen LogP contribution in [-0.2, 0) is 8.85 Å². The van der Waals surface area contributed by atoms with Crippen molar-refractivity contribution < 1.29 is 13.6 Å². The number of rotatable bonds is 7. The maximum atomic E-state index is 11.1. The Balaban J connectivity index is 3.13. The van der Waals surface area contributed by atoms with E-state index in [1.54, 1.807) is 0 Å². The van der Waals surface area contributed by atoms with E-state index in [2.05, 4.69) is 5.32 Å². The van der Waals surface area contributed by atoms with Crippen molar-refractivity contribution in [1.29, 1.82) is 0 Å². The van der Waals surface area contributed by atoms with Crippen molar-refractivity contribution >= 4 is 19.8 Å². The molecule has 0 radical (unpaired) electrons. The first-order valence-corrected chi connectivity index (χ1v) is 8.82. The van der Waals surface area contributed by atoms with E-state index in [1.165, 1.54) is 0 Å². The summed E-state index contributed by atoms with van der Waals surface area (Å²) in [6.07, 6.45) is 0.286. The lowest BCUT2D eigenvalue weighted by atomic mass is 10.4. The van der Waals surface area contributed by atoms with Gasteiger partial charge in [-0.3, -0.25) is 0 Å². The minimum atomic E-state index is -2.77. The van der Waals surface area contributed by atoms with Crippen LogP contribution >= 0.6 is 0 Å². The molecule has 0 fully saturated rings. The highest BCUT2D eigenvalue weighted by Gasteiger charge is 2.42. The molecule has 0 aliphatic rings. The van der Waals surface area contributed by atoms with Crippen molar-refractivity contribution in [2.24, 2.45) is 5.73 Å². The Labute approximate surface area is 121 Å². The molecule has 0 bridgehead atoms. The molecule has 0 unspecified atom stereocenters. The van der Waals surface area contributed by atoms with Crippen LogP contribution in [0, 0.1) is 0 Å². The van der Waals surface area contributed by atoms with Gasteiger partial charge in [-0.15, -0.1) is 0 Å². The molecular formula is C14H24N2O3Si. The van der Waals surface area contributed by atoms with Gasteiger partial charge in [-0.05, 0) is 32.9 Å². The molecule has 1 aromatic rings. The van der Waals surface area contributed by atoms with Crippen molar-refractivity contribution in [3.63, 3.8) is 0 Å². The number of primary amides is 1. The molecule has 2 amide bonds. The molecule has 6 heteroatoms. The Morgan fingerprint density at radius 3 is 2.05 bits per heavy atom. The Hall–Kier alpha value is -1.37. The third-order valence-corrected chi connectivity index (χ3v) is 6.12. The molecule has 0 spiro atoms. The number of benzene rings is 1. The van der Waals surface area contributed by atoms with E-state index in [1.807, 2.05) is 58.0 Å². The molecule has 3 N–H and O–H groups in total. The second kappa shape index (κ2) is 7.42. The van der Waals surface area contributed by atoms with Crippen LogP contribution < -0.4 is 16.2 Å². The first-order chi connectivity index (χ1) is 9.35. The number of urea groups is 1. The van der Waals surface area contributed by atoms with Crippen LogP contribution in [0.5, 0.6) is 0 Å². The van der Waals surface area contributed by atoms with E-state index in [-0.39, 0.29) is 12.2 Å². The summed E-state index contributed by atoms with van der Waals surface area (Å²) in [5.74, 6) is 0. The predicted octanol–water partition coefficient (Wildman–Crippen LogP) is 1.39. The van der Waals surface area contributed by atoms with Gasteiger partial charge in [-0.1, -0.05) is 30.3 Å². The largest absolute Gasteiger partial charge is 0.392 e. The third-order valence-electron chi connectivity index (χ3n) is 2.56. The summed E-state index contributed by atoms with van der Waals surface area (Å²) < 4.78 is 12.3. The summed E-state index contributed by atoms with van der Waals surface area (Å²) in [7, 11) is -2.77. The maximum absolute atomic E-state index is 11.1. The number of hydrogen-bond donors (Lipinski definition) is 2. The molecule has 20 heavy (non-hydrogen) atoms. The maximum Gasteiger partial charge on any atom is 0.392 e. The topological polar surface area (TPSA) is 73.6 Å². The van der Waals surface area contributed by atoms with E-state index in [0.29, 0.717) is 6.17 Å². The predicted molar refractivity (Wildman–Crippen MR) is 81.9 cm³/mol. The number of amides is 2. The number of nitrogens with one attached hydrogen (secondary N) is 1. The molecule has 1 rings (SSSR count). The number of nitrogens with two attached hydrogens (primary N) is 1. The van der Waals surface area contributed by atoms with Crippen LogP contribution in [0.4, 0.5) is 4.79 Å². The van der Waals surface area contributed by atoms with Gasteiger partial charge in [-0.2, -0.15) is 0 Å². The third kappa shape index (κ3) is 4.95.